The van der Waals surface area contributed by atoms with E-state index >= 15 is 0 Å². The summed E-state index contributed by atoms with van der Waals surface area (Å²) in [4.78, 5) is 16.9. The van der Waals surface area contributed by atoms with Crippen molar-refractivity contribution in [2.24, 2.45) is 0 Å². The molecule has 0 aliphatic carbocycles. The first-order chi connectivity index (χ1) is 9.27. The number of hydrogen-bond donors (Lipinski definition) is 0. The highest BCUT2D eigenvalue weighted by Gasteiger charge is 2.15. The van der Waals surface area contributed by atoms with Crippen LogP contribution in [-0.4, -0.2) is 21.2 Å². The van der Waals surface area contributed by atoms with Crippen molar-refractivity contribution in [1.82, 2.24) is 9.55 Å². The molecule has 0 saturated heterocycles. The van der Waals surface area contributed by atoms with E-state index in [0.717, 1.165) is 34.8 Å². The summed E-state index contributed by atoms with van der Waals surface area (Å²) in [7, 11) is 0. The highest BCUT2D eigenvalue weighted by Crippen LogP contribution is 2.24. The normalized spacial score (nSPS) is 10.8. The van der Waals surface area contributed by atoms with Gasteiger partial charge in [-0.1, -0.05) is 43.3 Å². The van der Waals surface area contributed by atoms with Crippen molar-refractivity contribution < 1.29 is 4.79 Å². The number of imidazole rings is 1. The first kappa shape index (κ1) is 13.9. The SMILES string of the molecule is C=CCSc1nc2ccccc2n1C(=O)CCCC. The highest BCUT2D eigenvalue weighted by atomic mass is 32.2. The van der Waals surface area contributed by atoms with Crippen LogP contribution in [0.2, 0.25) is 0 Å². The van der Waals surface area contributed by atoms with Crippen LogP contribution >= 0.6 is 11.8 Å². The molecular formula is C15H18N2OS. The number of hydrogen-bond acceptors (Lipinski definition) is 3. The van der Waals surface area contributed by atoms with E-state index in [2.05, 4.69) is 18.5 Å². The van der Waals surface area contributed by atoms with Gasteiger partial charge in [-0.2, -0.15) is 0 Å². The second-order valence-electron chi connectivity index (χ2n) is 4.32. The zero-order chi connectivity index (χ0) is 13.7. The molecule has 0 radical (unpaired) electrons. The summed E-state index contributed by atoms with van der Waals surface area (Å²) in [6.07, 6.45) is 4.33. The molecule has 0 fully saturated rings. The quantitative estimate of drug-likeness (QED) is 0.586. The Balaban J connectivity index is 2.41. The number of unbranched alkanes of at least 4 members (excludes halogenated alkanes) is 1. The second-order valence-corrected chi connectivity index (χ2v) is 5.30. The van der Waals surface area contributed by atoms with Gasteiger partial charge in [-0.3, -0.25) is 9.36 Å². The average Bonchev–Trinajstić information content (AvgIpc) is 2.80. The van der Waals surface area contributed by atoms with E-state index in [1.54, 1.807) is 16.3 Å². The van der Waals surface area contributed by atoms with Gasteiger partial charge < -0.3 is 0 Å². The van der Waals surface area contributed by atoms with Crippen LogP contribution in [0.4, 0.5) is 0 Å². The van der Waals surface area contributed by atoms with Crippen molar-refractivity contribution in [3.63, 3.8) is 0 Å². The van der Waals surface area contributed by atoms with Crippen molar-refractivity contribution >= 4 is 28.7 Å². The molecule has 0 bridgehead atoms. The zero-order valence-electron chi connectivity index (χ0n) is 11.1. The Hall–Kier alpha value is -1.55. The van der Waals surface area contributed by atoms with Gasteiger partial charge in [-0.25, -0.2) is 4.98 Å². The third-order valence-corrected chi connectivity index (χ3v) is 3.79. The van der Waals surface area contributed by atoms with Crippen LogP contribution in [-0.2, 0) is 0 Å². The van der Waals surface area contributed by atoms with Crippen LogP contribution in [0.25, 0.3) is 11.0 Å². The standard InChI is InChI=1S/C15H18N2OS/c1-3-5-10-14(18)17-13-9-7-6-8-12(13)16-15(17)19-11-4-2/h4,6-9H,2-3,5,10-11H2,1H3. The first-order valence-corrected chi connectivity index (χ1v) is 7.51. The number of rotatable bonds is 6. The minimum Gasteiger partial charge on any atom is -0.274 e. The molecule has 19 heavy (non-hydrogen) atoms. The molecule has 100 valence electrons. The van der Waals surface area contributed by atoms with Crippen molar-refractivity contribution in [3.8, 4) is 0 Å². The second kappa shape index (κ2) is 6.57. The summed E-state index contributed by atoms with van der Waals surface area (Å²) in [5.74, 6) is 0.881. The fourth-order valence-electron chi connectivity index (χ4n) is 1.91. The van der Waals surface area contributed by atoms with Gasteiger partial charge in [0.15, 0.2) is 5.16 Å². The lowest BCUT2D eigenvalue weighted by Gasteiger charge is -2.06. The maximum absolute atomic E-state index is 12.3. The number of fused-ring (bicyclic) bond motifs is 1. The minimum atomic E-state index is 0.127. The lowest BCUT2D eigenvalue weighted by Crippen LogP contribution is -2.11. The molecule has 4 heteroatoms. The lowest BCUT2D eigenvalue weighted by molar-refractivity contribution is 0.0894. The Labute approximate surface area is 117 Å². The van der Waals surface area contributed by atoms with Crippen LogP contribution in [0, 0.1) is 0 Å². The monoisotopic (exact) mass is 274 g/mol. The Morgan fingerprint density at radius 1 is 1.47 bits per heavy atom. The van der Waals surface area contributed by atoms with Crippen LogP contribution < -0.4 is 0 Å². The van der Waals surface area contributed by atoms with Crippen LogP contribution in [0.15, 0.2) is 42.1 Å². The molecule has 0 aliphatic rings. The van der Waals surface area contributed by atoms with E-state index in [1.807, 2.05) is 30.3 Å². The molecule has 0 saturated carbocycles. The molecule has 0 unspecified atom stereocenters. The van der Waals surface area contributed by atoms with Gasteiger partial charge in [0.05, 0.1) is 11.0 Å². The molecule has 0 amide bonds. The molecular weight excluding hydrogens is 256 g/mol. The van der Waals surface area contributed by atoms with Crippen LogP contribution in [0.1, 0.15) is 31.0 Å². The van der Waals surface area contributed by atoms with Crippen molar-refractivity contribution in [2.75, 3.05) is 5.75 Å². The first-order valence-electron chi connectivity index (χ1n) is 6.52. The largest absolute Gasteiger partial charge is 0.274 e. The Morgan fingerprint density at radius 3 is 3.00 bits per heavy atom. The van der Waals surface area contributed by atoms with Gasteiger partial charge in [0.1, 0.15) is 0 Å². The molecule has 1 heterocycles. The number of carbonyl (C=O) groups excluding carboxylic acids is 1. The van der Waals surface area contributed by atoms with E-state index in [0.29, 0.717) is 6.42 Å². The van der Waals surface area contributed by atoms with Crippen molar-refractivity contribution in [1.29, 1.82) is 0 Å². The van der Waals surface area contributed by atoms with E-state index in [9.17, 15) is 4.79 Å². The van der Waals surface area contributed by atoms with Gasteiger partial charge in [-0.15, -0.1) is 6.58 Å². The van der Waals surface area contributed by atoms with Crippen LogP contribution in [0.5, 0.6) is 0 Å². The van der Waals surface area contributed by atoms with Gasteiger partial charge in [0.2, 0.25) is 5.91 Å². The zero-order valence-corrected chi connectivity index (χ0v) is 11.9. The van der Waals surface area contributed by atoms with E-state index in [4.69, 9.17) is 0 Å². The van der Waals surface area contributed by atoms with Gasteiger partial charge >= 0.3 is 0 Å². The Bertz CT molecular complexity index is 589. The topological polar surface area (TPSA) is 34.9 Å². The van der Waals surface area contributed by atoms with Gasteiger partial charge in [0, 0.05) is 12.2 Å². The fraction of sp³-hybridized carbons (Fsp3) is 0.333. The number of nitrogens with zero attached hydrogens (tertiary/aromatic N) is 2. The van der Waals surface area contributed by atoms with E-state index in [1.165, 1.54) is 0 Å². The molecule has 1 aromatic heterocycles. The number of aromatic nitrogens is 2. The summed E-state index contributed by atoms with van der Waals surface area (Å²) < 4.78 is 1.75. The molecule has 0 atom stereocenters. The van der Waals surface area contributed by atoms with Gasteiger partial charge in [-0.05, 0) is 18.6 Å². The summed E-state index contributed by atoms with van der Waals surface area (Å²) >= 11 is 1.55. The third-order valence-electron chi connectivity index (χ3n) is 2.85. The Kier molecular flexibility index (Phi) is 4.80. The number of para-hydroxylation sites is 2. The predicted octanol–water partition coefficient (Wildman–Crippen LogP) is 4.14. The molecule has 0 spiro atoms. The molecule has 0 aliphatic heterocycles. The molecule has 3 nitrogen and oxygen atoms in total. The molecule has 0 N–H and O–H groups in total. The van der Waals surface area contributed by atoms with Gasteiger partial charge in [0.25, 0.3) is 0 Å². The molecule has 2 aromatic rings. The minimum absolute atomic E-state index is 0.127. The maximum atomic E-state index is 12.3. The van der Waals surface area contributed by atoms with E-state index in [-0.39, 0.29) is 5.91 Å². The van der Waals surface area contributed by atoms with Crippen molar-refractivity contribution in [3.05, 3.63) is 36.9 Å². The summed E-state index contributed by atoms with van der Waals surface area (Å²) in [6.45, 7) is 5.80. The number of thioether (sulfide) groups is 1. The van der Waals surface area contributed by atoms with Crippen molar-refractivity contribution in [2.45, 2.75) is 31.3 Å². The lowest BCUT2D eigenvalue weighted by atomic mass is 10.2. The third kappa shape index (κ3) is 3.07. The maximum Gasteiger partial charge on any atom is 0.233 e. The summed E-state index contributed by atoms with van der Waals surface area (Å²) in [5.41, 5.74) is 1.77. The number of benzene rings is 1. The molecule has 1 aromatic carbocycles. The highest BCUT2D eigenvalue weighted by molar-refractivity contribution is 7.99. The van der Waals surface area contributed by atoms with E-state index < -0.39 is 0 Å². The van der Waals surface area contributed by atoms with Crippen LogP contribution in [0.3, 0.4) is 0 Å². The number of carbonyl (C=O) groups is 1. The molecule has 2 rings (SSSR count). The Morgan fingerprint density at radius 2 is 2.26 bits per heavy atom. The summed E-state index contributed by atoms with van der Waals surface area (Å²) in [5, 5.41) is 0.766. The smallest absolute Gasteiger partial charge is 0.233 e. The average molecular weight is 274 g/mol. The predicted molar refractivity (Wildman–Crippen MR) is 80.8 cm³/mol. The fourth-order valence-corrected chi connectivity index (χ4v) is 2.67. The summed E-state index contributed by atoms with van der Waals surface area (Å²) in [6, 6.07) is 7.77.